The Morgan fingerprint density at radius 3 is 2.78 bits per heavy atom. The largest absolute Gasteiger partial charge is 0.470 e. The fraction of sp³-hybridized carbons (Fsp3) is 0.294. The third-order valence-corrected chi connectivity index (χ3v) is 4.04. The summed E-state index contributed by atoms with van der Waals surface area (Å²) in [7, 11) is 3.90. The molecule has 1 aliphatic rings. The number of halogens is 1. The van der Waals surface area contributed by atoms with Crippen LogP contribution in [0.1, 0.15) is 10.4 Å². The Hall–Kier alpha value is -2.27. The van der Waals surface area contributed by atoms with Crippen LogP contribution in [0.25, 0.3) is 0 Å². The van der Waals surface area contributed by atoms with Gasteiger partial charge in [0.25, 0.3) is 5.91 Å². The van der Waals surface area contributed by atoms with Gasteiger partial charge in [-0.2, -0.15) is 0 Å². The van der Waals surface area contributed by atoms with E-state index in [0.29, 0.717) is 29.6 Å². The number of nitrogens with zero attached hydrogens (tertiary/aromatic N) is 3. The predicted octanol–water partition coefficient (Wildman–Crippen LogP) is 2.70. The van der Waals surface area contributed by atoms with Crippen LogP contribution >= 0.6 is 11.6 Å². The molecule has 0 aliphatic carbocycles. The standard InChI is InChI=1S/C17H18ClN3O2/c1-20(2)13-6-3-5-12(9-13)17(22)21-10-14(11-21)23-16-15(18)7-4-8-19-16/h3-9,14H,10-11H2,1-2H3. The smallest absolute Gasteiger partial charge is 0.254 e. The van der Waals surface area contributed by atoms with Crippen molar-refractivity contribution in [2.24, 2.45) is 0 Å². The number of benzene rings is 1. The van der Waals surface area contributed by atoms with Gasteiger partial charge in [-0.05, 0) is 30.3 Å². The van der Waals surface area contributed by atoms with Crippen molar-refractivity contribution < 1.29 is 9.53 Å². The molecule has 0 bridgehead atoms. The van der Waals surface area contributed by atoms with E-state index in [-0.39, 0.29) is 12.0 Å². The van der Waals surface area contributed by atoms with Crippen LogP contribution in [0, 0.1) is 0 Å². The molecule has 1 saturated heterocycles. The number of carbonyl (C=O) groups excluding carboxylic acids is 1. The molecule has 1 aliphatic heterocycles. The quantitative estimate of drug-likeness (QED) is 0.864. The number of hydrogen-bond donors (Lipinski definition) is 0. The Balaban J connectivity index is 1.60. The molecule has 3 rings (SSSR count). The fourth-order valence-electron chi connectivity index (χ4n) is 2.39. The highest BCUT2D eigenvalue weighted by atomic mass is 35.5. The number of carbonyl (C=O) groups is 1. The third-order valence-electron chi connectivity index (χ3n) is 3.75. The average molecular weight is 332 g/mol. The molecule has 2 aromatic rings. The first kappa shape index (κ1) is 15.6. The van der Waals surface area contributed by atoms with Gasteiger partial charge in [0.05, 0.1) is 13.1 Å². The van der Waals surface area contributed by atoms with Gasteiger partial charge >= 0.3 is 0 Å². The van der Waals surface area contributed by atoms with E-state index in [0.717, 1.165) is 5.69 Å². The molecule has 0 atom stereocenters. The monoisotopic (exact) mass is 331 g/mol. The van der Waals surface area contributed by atoms with Crippen molar-refractivity contribution in [3.63, 3.8) is 0 Å². The zero-order valence-electron chi connectivity index (χ0n) is 13.1. The zero-order valence-corrected chi connectivity index (χ0v) is 13.8. The van der Waals surface area contributed by atoms with Gasteiger partial charge in [-0.25, -0.2) is 4.98 Å². The Kier molecular flexibility index (Phi) is 4.39. The van der Waals surface area contributed by atoms with Gasteiger partial charge in [0.2, 0.25) is 5.88 Å². The van der Waals surface area contributed by atoms with Crippen LogP contribution in [-0.2, 0) is 0 Å². The molecule has 1 amide bonds. The molecule has 1 aromatic carbocycles. The van der Waals surface area contributed by atoms with Crippen molar-refractivity contribution in [2.45, 2.75) is 6.10 Å². The SMILES string of the molecule is CN(C)c1cccc(C(=O)N2CC(Oc3ncccc3Cl)C2)c1. The van der Waals surface area contributed by atoms with Gasteiger partial charge in [0, 0.05) is 31.5 Å². The lowest BCUT2D eigenvalue weighted by molar-refractivity contribution is 0.0160. The molecular formula is C17H18ClN3O2. The Bertz CT molecular complexity index is 714. The van der Waals surface area contributed by atoms with Gasteiger partial charge in [-0.1, -0.05) is 17.7 Å². The van der Waals surface area contributed by atoms with E-state index in [2.05, 4.69) is 4.98 Å². The van der Waals surface area contributed by atoms with E-state index in [9.17, 15) is 4.79 Å². The lowest BCUT2D eigenvalue weighted by atomic mass is 10.1. The van der Waals surface area contributed by atoms with Crippen molar-refractivity contribution >= 4 is 23.2 Å². The summed E-state index contributed by atoms with van der Waals surface area (Å²) in [6, 6.07) is 11.1. The van der Waals surface area contributed by atoms with Crippen LogP contribution in [0.3, 0.4) is 0 Å². The number of hydrogen-bond acceptors (Lipinski definition) is 4. The normalized spacial score (nSPS) is 14.3. The molecule has 2 heterocycles. The van der Waals surface area contributed by atoms with E-state index in [1.54, 1.807) is 23.2 Å². The van der Waals surface area contributed by atoms with Crippen LogP contribution in [-0.4, -0.2) is 49.1 Å². The molecule has 1 fully saturated rings. The molecule has 0 N–H and O–H groups in total. The first-order valence-corrected chi connectivity index (χ1v) is 7.76. The minimum atomic E-state index is -0.0663. The van der Waals surface area contributed by atoms with Crippen molar-refractivity contribution in [3.05, 3.63) is 53.2 Å². The molecular weight excluding hydrogens is 314 g/mol. The number of likely N-dealkylation sites (tertiary alicyclic amines) is 1. The van der Waals surface area contributed by atoms with Crippen molar-refractivity contribution in [1.29, 1.82) is 0 Å². The molecule has 6 heteroatoms. The van der Waals surface area contributed by atoms with E-state index in [1.165, 1.54) is 0 Å². The van der Waals surface area contributed by atoms with Gasteiger partial charge in [0.1, 0.15) is 11.1 Å². The second-order valence-corrected chi connectivity index (χ2v) is 6.09. The number of amides is 1. The summed E-state index contributed by atoms with van der Waals surface area (Å²) in [5, 5.41) is 0.482. The lowest BCUT2D eigenvalue weighted by Crippen LogP contribution is -2.56. The molecule has 23 heavy (non-hydrogen) atoms. The van der Waals surface area contributed by atoms with Crippen LogP contribution in [0.5, 0.6) is 5.88 Å². The molecule has 120 valence electrons. The first-order chi connectivity index (χ1) is 11.0. The van der Waals surface area contributed by atoms with Gasteiger partial charge in [-0.15, -0.1) is 0 Å². The Labute approximate surface area is 140 Å². The zero-order chi connectivity index (χ0) is 16.4. The minimum absolute atomic E-state index is 0.0145. The van der Waals surface area contributed by atoms with E-state index < -0.39 is 0 Å². The summed E-state index contributed by atoms with van der Waals surface area (Å²) < 4.78 is 5.71. The summed E-state index contributed by atoms with van der Waals surface area (Å²) in [4.78, 5) is 20.3. The van der Waals surface area contributed by atoms with E-state index >= 15 is 0 Å². The van der Waals surface area contributed by atoms with Crippen LogP contribution in [0.2, 0.25) is 5.02 Å². The van der Waals surface area contributed by atoms with Crippen LogP contribution in [0.4, 0.5) is 5.69 Å². The molecule has 0 saturated carbocycles. The average Bonchev–Trinajstić information content (AvgIpc) is 2.51. The fourth-order valence-corrected chi connectivity index (χ4v) is 2.56. The minimum Gasteiger partial charge on any atom is -0.470 e. The number of pyridine rings is 1. The van der Waals surface area contributed by atoms with E-state index in [4.69, 9.17) is 16.3 Å². The summed E-state index contributed by atoms with van der Waals surface area (Å²) in [5.74, 6) is 0.432. The number of aromatic nitrogens is 1. The van der Waals surface area contributed by atoms with E-state index in [1.807, 2.05) is 43.3 Å². The molecule has 0 radical (unpaired) electrons. The molecule has 0 spiro atoms. The van der Waals surface area contributed by atoms with Gasteiger partial charge in [0.15, 0.2) is 0 Å². The number of rotatable bonds is 4. The van der Waals surface area contributed by atoms with Crippen molar-refractivity contribution in [3.8, 4) is 5.88 Å². The highest BCUT2D eigenvalue weighted by Crippen LogP contribution is 2.25. The Morgan fingerprint density at radius 2 is 2.09 bits per heavy atom. The second-order valence-electron chi connectivity index (χ2n) is 5.69. The number of ether oxygens (including phenoxy) is 1. The molecule has 5 nitrogen and oxygen atoms in total. The summed E-state index contributed by atoms with van der Waals surface area (Å²) in [6.45, 7) is 1.08. The predicted molar refractivity (Wildman–Crippen MR) is 90.3 cm³/mol. The maximum absolute atomic E-state index is 12.5. The van der Waals surface area contributed by atoms with Crippen molar-refractivity contribution in [2.75, 3.05) is 32.1 Å². The van der Waals surface area contributed by atoms with Crippen LogP contribution in [0.15, 0.2) is 42.6 Å². The molecule has 0 unspecified atom stereocenters. The van der Waals surface area contributed by atoms with Crippen LogP contribution < -0.4 is 9.64 Å². The van der Waals surface area contributed by atoms with Crippen molar-refractivity contribution in [1.82, 2.24) is 9.88 Å². The topological polar surface area (TPSA) is 45.7 Å². The van der Waals surface area contributed by atoms with Gasteiger partial charge in [-0.3, -0.25) is 4.79 Å². The van der Waals surface area contributed by atoms with Gasteiger partial charge < -0.3 is 14.5 Å². The second kappa shape index (κ2) is 6.46. The highest BCUT2D eigenvalue weighted by Gasteiger charge is 2.33. The summed E-state index contributed by atoms with van der Waals surface area (Å²) >= 11 is 6.02. The lowest BCUT2D eigenvalue weighted by Gasteiger charge is -2.38. The Morgan fingerprint density at radius 1 is 1.30 bits per heavy atom. The number of anilines is 1. The third kappa shape index (κ3) is 3.40. The first-order valence-electron chi connectivity index (χ1n) is 7.38. The molecule has 1 aromatic heterocycles. The maximum Gasteiger partial charge on any atom is 0.254 e. The highest BCUT2D eigenvalue weighted by molar-refractivity contribution is 6.31. The summed E-state index contributed by atoms with van der Waals surface area (Å²) in [5.41, 5.74) is 1.69. The maximum atomic E-state index is 12.5. The summed E-state index contributed by atoms with van der Waals surface area (Å²) in [6.07, 6.45) is 1.57.